The van der Waals surface area contributed by atoms with Crippen LogP contribution in [0.5, 0.6) is 5.75 Å². The molecule has 0 fully saturated rings. The molecule has 3 N–H and O–H groups in total. The van der Waals surface area contributed by atoms with Crippen LogP contribution in [0.25, 0.3) is 0 Å². The van der Waals surface area contributed by atoms with Gasteiger partial charge in [0.1, 0.15) is 12.4 Å². The molecule has 0 aliphatic heterocycles. The number of ether oxygens (including phenoxy) is 1. The zero-order valence-corrected chi connectivity index (χ0v) is 12.8. The van der Waals surface area contributed by atoms with Gasteiger partial charge in [0.2, 0.25) is 5.91 Å². The van der Waals surface area contributed by atoms with Gasteiger partial charge in [0.15, 0.2) is 0 Å². The van der Waals surface area contributed by atoms with Crippen LogP contribution >= 0.6 is 0 Å². The van der Waals surface area contributed by atoms with Gasteiger partial charge in [-0.25, -0.2) is 0 Å². The predicted molar refractivity (Wildman–Crippen MR) is 87.6 cm³/mol. The molecule has 0 aliphatic carbocycles. The van der Waals surface area contributed by atoms with E-state index < -0.39 is 0 Å². The second-order valence-electron chi connectivity index (χ2n) is 5.25. The summed E-state index contributed by atoms with van der Waals surface area (Å²) in [4.78, 5) is 10.9. The number of hydrogen-bond donors (Lipinski definition) is 2. The van der Waals surface area contributed by atoms with Gasteiger partial charge >= 0.3 is 0 Å². The molecule has 0 radical (unpaired) electrons. The number of nitrogens with one attached hydrogen (secondary N) is 1. The Hall–Kier alpha value is -2.33. The van der Waals surface area contributed by atoms with E-state index in [0.29, 0.717) is 6.61 Å². The van der Waals surface area contributed by atoms with Gasteiger partial charge < -0.3 is 15.8 Å². The predicted octanol–water partition coefficient (Wildman–Crippen LogP) is 2.27. The zero-order chi connectivity index (χ0) is 15.8. The molecule has 0 bridgehead atoms. The van der Waals surface area contributed by atoms with E-state index in [-0.39, 0.29) is 11.9 Å². The van der Waals surface area contributed by atoms with Crippen molar-refractivity contribution in [3.05, 3.63) is 65.7 Å². The molecule has 2 aromatic carbocycles. The first-order chi connectivity index (χ1) is 10.6. The molecular weight excluding hydrogens is 276 g/mol. The third-order valence-corrected chi connectivity index (χ3v) is 3.46. The van der Waals surface area contributed by atoms with Gasteiger partial charge in [0.25, 0.3) is 0 Å². The highest BCUT2D eigenvalue weighted by Gasteiger charge is 2.06. The van der Waals surface area contributed by atoms with Crippen molar-refractivity contribution in [1.29, 1.82) is 0 Å². The summed E-state index contributed by atoms with van der Waals surface area (Å²) in [6.07, 6.45) is 0.859. The number of hydrogen-bond acceptors (Lipinski definition) is 3. The molecule has 0 aliphatic rings. The molecule has 1 atom stereocenters. The van der Waals surface area contributed by atoms with Crippen molar-refractivity contribution in [3.63, 3.8) is 0 Å². The fourth-order valence-corrected chi connectivity index (χ4v) is 2.02. The smallest absolute Gasteiger partial charge is 0.234 e. The monoisotopic (exact) mass is 298 g/mol. The van der Waals surface area contributed by atoms with Crippen molar-refractivity contribution in [2.45, 2.75) is 26.0 Å². The molecule has 116 valence electrons. The summed E-state index contributed by atoms with van der Waals surface area (Å²) in [6.45, 7) is 3.05. The molecule has 0 aromatic heterocycles. The summed E-state index contributed by atoms with van der Waals surface area (Å²) in [5.41, 5.74) is 7.55. The number of benzene rings is 2. The first kappa shape index (κ1) is 16.0. The minimum absolute atomic E-state index is 0.293. The molecule has 4 nitrogen and oxygen atoms in total. The van der Waals surface area contributed by atoms with Gasteiger partial charge in [0, 0.05) is 0 Å². The van der Waals surface area contributed by atoms with Gasteiger partial charge in [-0.1, -0.05) is 42.5 Å². The van der Waals surface area contributed by atoms with E-state index in [0.717, 1.165) is 24.3 Å². The Balaban J connectivity index is 1.76. The van der Waals surface area contributed by atoms with Crippen LogP contribution in [0, 0.1) is 0 Å². The third-order valence-electron chi connectivity index (χ3n) is 3.46. The minimum Gasteiger partial charge on any atom is -0.489 e. The van der Waals surface area contributed by atoms with Crippen molar-refractivity contribution >= 4 is 5.91 Å². The first-order valence-corrected chi connectivity index (χ1v) is 7.43. The van der Waals surface area contributed by atoms with E-state index in [4.69, 9.17) is 10.5 Å². The summed E-state index contributed by atoms with van der Waals surface area (Å²) < 4.78 is 5.71. The second-order valence-corrected chi connectivity index (χ2v) is 5.25. The maximum absolute atomic E-state index is 10.9. The van der Waals surface area contributed by atoms with Crippen molar-refractivity contribution < 1.29 is 9.53 Å². The maximum Gasteiger partial charge on any atom is 0.234 e. The Kier molecular flexibility index (Phi) is 5.98. The van der Waals surface area contributed by atoms with Crippen LogP contribution in [0.1, 0.15) is 18.1 Å². The first-order valence-electron chi connectivity index (χ1n) is 7.43. The molecule has 22 heavy (non-hydrogen) atoms. The number of primary amides is 1. The lowest BCUT2D eigenvalue weighted by Gasteiger charge is -2.10. The number of nitrogens with two attached hydrogens (primary N) is 1. The fourth-order valence-electron chi connectivity index (χ4n) is 2.02. The summed E-state index contributed by atoms with van der Waals surface area (Å²) in [5, 5.41) is 3.09. The van der Waals surface area contributed by atoms with Gasteiger partial charge in [-0.15, -0.1) is 0 Å². The summed E-state index contributed by atoms with van der Waals surface area (Å²) in [6, 6.07) is 17.8. The Bertz CT molecular complexity index is 582. The average Bonchev–Trinajstić information content (AvgIpc) is 2.55. The van der Waals surface area contributed by atoms with Crippen molar-refractivity contribution in [3.8, 4) is 5.75 Å². The molecule has 0 saturated carbocycles. The topological polar surface area (TPSA) is 64.3 Å². The van der Waals surface area contributed by atoms with E-state index in [9.17, 15) is 4.79 Å². The van der Waals surface area contributed by atoms with Crippen LogP contribution in [-0.4, -0.2) is 18.5 Å². The largest absolute Gasteiger partial charge is 0.489 e. The second kappa shape index (κ2) is 8.20. The maximum atomic E-state index is 10.9. The standard InChI is InChI=1S/C18H22N2O2/c1-14(18(19)21)20-12-11-15-7-9-16(10-8-15)13-22-17-5-3-2-4-6-17/h2-10,14,20H,11-13H2,1H3,(H2,19,21). The molecule has 0 spiro atoms. The average molecular weight is 298 g/mol. The molecular formula is C18H22N2O2. The van der Waals surface area contributed by atoms with Crippen LogP contribution in [0.15, 0.2) is 54.6 Å². The molecule has 2 aromatic rings. The lowest BCUT2D eigenvalue weighted by Crippen LogP contribution is -2.39. The molecule has 1 amide bonds. The Morgan fingerprint density at radius 1 is 1.09 bits per heavy atom. The lowest BCUT2D eigenvalue weighted by molar-refractivity contribution is -0.119. The quantitative estimate of drug-likeness (QED) is 0.786. The molecule has 0 heterocycles. The van der Waals surface area contributed by atoms with E-state index in [1.54, 1.807) is 6.92 Å². The number of carbonyl (C=O) groups is 1. The highest BCUT2D eigenvalue weighted by molar-refractivity contribution is 5.79. The lowest BCUT2D eigenvalue weighted by atomic mass is 10.1. The zero-order valence-electron chi connectivity index (χ0n) is 12.8. The molecule has 4 heteroatoms. The Labute approximate surface area is 131 Å². The van der Waals surface area contributed by atoms with E-state index >= 15 is 0 Å². The van der Waals surface area contributed by atoms with Gasteiger partial charge in [0.05, 0.1) is 6.04 Å². The highest BCUT2D eigenvalue weighted by atomic mass is 16.5. The number of carbonyl (C=O) groups excluding carboxylic acids is 1. The van der Waals surface area contributed by atoms with Gasteiger partial charge in [-0.05, 0) is 43.1 Å². The minimum atomic E-state index is -0.326. The van der Waals surface area contributed by atoms with E-state index in [1.165, 1.54) is 5.56 Å². The number of para-hydroxylation sites is 1. The highest BCUT2D eigenvalue weighted by Crippen LogP contribution is 2.12. The van der Waals surface area contributed by atoms with Crippen LogP contribution in [0.3, 0.4) is 0 Å². The SMILES string of the molecule is CC(NCCc1ccc(COc2ccccc2)cc1)C(N)=O. The van der Waals surface area contributed by atoms with Gasteiger partial charge in [-0.3, -0.25) is 4.79 Å². The van der Waals surface area contributed by atoms with Gasteiger partial charge in [-0.2, -0.15) is 0 Å². The summed E-state index contributed by atoms with van der Waals surface area (Å²) in [5.74, 6) is 0.546. The molecule has 0 saturated heterocycles. The van der Waals surface area contributed by atoms with Crippen molar-refractivity contribution in [2.24, 2.45) is 5.73 Å². The molecule has 1 unspecified atom stereocenters. The van der Waals surface area contributed by atoms with Crippen LogP contribution in [0.4, 0.5) is 0 Å². The Morgan fingerprint density at radius 3 is 2.36 bits per heavy atom. The third kappa shape index (κ3) is 5.22. The number of rotatable bonds is 8. The van der Waals surface area contributed by atoms with E-state index in [2.05, 4.69) is 29.6 Å². The Morgan fingerprint density at radius 2 is 1.73 bits per heavy atom. The van der Waals surface area contributed by atoms with Crippen molar-refractivity contribution in [1.82, 2.24) is 5.32 Å². The molecule has 2 rings (SSSR count). The summed E-state index contributed by atoms with van der Waals surface area (Å²) in [7, 11) is 0. The normalized spacial score (nSPS) is 11.9. The van der Waals surface area contributed by atoms with E-state index in [1.807, 2.05) is 30.3 Å². The van der Waals surface area contributed by atoms with Crippen molar-refractivity contribution in [2.75, 3.05) is 6.54 Å². The summed E-state index contributed by atoms with van der Waals surface area (Å²) >= 11 is 0. The van der Waals surface area contributed by atoms with Crippen LogP contribution in [-0.2, 0) is 17.8 Å². The van der Waals surface area contributed by atoms with Crippen LogP contribution < -0.4 is 15.8 Å². The fraction of sp³-hybridized carbons (Fsp3) is 0.278. The van der Waals surface area contributed by atoms with Crippen LogP contribution in [0.2, 0.25) is 0 Å². The number of amides is 1.